The van der Waals surface area contributed by atoms with E-state index in [1.807, 2.05) is 11.0 Å². The molecule has 1 atom stereocenters. The van der Waals surface area contributed by atoms with Crippen LogP contribution < -0.4 is 5.43 Å². The highest BCUT2D eigenvalue weighted by Gasteiger charge is 2.37. The van der Waals surface area contributed by atoms with Crippen molar-refractivity contribution in [3.63, 3.8) is 0 Å². The van der Waals surface area contributed by atoms with Crippen molar-refractivity contribution in [2.24, 2.45) is 5.92 Å². The molecule has 1 amide bonds. The molecule has 2 fully saturated rings. The first kappa shape index (κ1) is 14.5. The van der Waals surface area contributed by atoms with Crippen LogP contribution >= 0.6 is 0 Å². The third-order valence-corrected chi connectivity index (χ3v) is 5.35. The maximum atomic E-state index is 12.9. The number of rotatable bonds is 2. The summed E-state index contributed by atoms with van der Waals surface area (Å²) in [6.07, 6.45) is 7.10. The minimum atomic E-state index is -0.146. The Morgan fingerprint density at radius 2 is 1.87 bits per heavy atom. The lowest BCUT2D eigenvalue weighted by atomic mass is 9.96. The van der Waals surface area contributed by atoms with E-state index in [-0.39, 0.29) is 17.1 Å². The minimum Gasteiger partial charge on any atom is -0.451 e. The molecule has 1 aromatic carbocycles. The van der Waals surface area contributed by atoms with Gasteiger partial charge in [0.1, 0.15) is 5.58 Å². The molecule has 2 aromatic rings. The molecule has 2 heterocycles. The van der Waals surface area contributed by atoms with Crippen LogP contribution in [0.2, 0.25) is 0 Å². The number of carbonyl (C=O) groups is 1. The van der Waals surface area contributed by atoms with E-state index in [4.69, 9.17) is 4.42 Å². The number of fused-ring (bicyclic) bond motifs is 1. The zero-order chi connectivity index (χ0) is 15.8. The summed E-state index contributed by atoms with van der Waals surface area (Å²) in [4.78, 5) is 27.1. The summed E-state index contributed by atoms with van der Waals surface area (Å²) < 4.78 is 5.74. The highest BCUT2D eigenvalue weighted by Crippen LogP contribution is 2.36. The Balaban J connectivity index is 1.67. The van der Waals surface area contributed by atoms with Crippen LogP contribution in [-0.2, 0) is 0 Å². The van der Waals surface area contributed by atoms with Crippen LogP contribution in [0.4, 0.5) is 0 Å². The molecule has 4 nitrogen and oxygen atoms in total. The molecule has 2 aliphatic rings. The van der Waals surface area contributed by atoms with E-state index < -0.39 is 0 Å². The van der Waals surface area contributed by atoms with Crippen molar-refractivity contribution in [2.75, 3.05) is 6.54 Å². The van der Waals surface area contributed by atoms with Gasteiger partial charge in [0.25, 0.3) is 5.91 Å². The van der Waals surface area contributed by atoms with Gasteiger partial charge < -0.3 is 9.32 Å². The maximum absolute atomic E-state index is 12.9. The van der Waals surface area contributed by atoms with Gasteiger partial charge >= 0.3 is 0 Å². The summed E-state index contributed by atoms with van der Waals surface area (Å²) in [6.45, 7) is 0.774. The van der Waals surface area contributed by atoms with Crippen molar-refractivity contribution in [3.8, 4) is 0 Å². The van der Waals surface area contributed by atoms with Gasteiger partial charge in [0.15, 0.2) is 11.2 Å². The summed E-state index contributed by atoms with van der Waals surface area (Å²) in [7, 11) is 0. The molecule has 1 aliphatic carbocycles. The van der Waals surface area contributed by atoms with Crippen molar-refractivity contribution < 1.29 is 9.21 Å². The molecular weight excluding hydrogens is 290 g/mol. The second-order valence-electron chi connectivity index (χ2n) is 6.72. The molecule has 23 heavy (non-hydrogen) atoms. The lowest BCUT2D eigenvalue weighted by molar-refractivity contribution is 0.0657. The normalized spacial score (nSPS) is 22.1. The molecule has 1 unspecified atom stereocenters. The standard InChI is InChI=1S/C19H21NO3/c21-16-12-18(23-17-10-4-3-8-14(16)17)19(22)20-11-5-9-15(20)13-6-1-2-7-13/h3-4,8,10,12-13,15H,1-2,5-7,9,11H2. The largest absolute Gasteiger partial charge is 0.451 e. The number of benzene rings is 1. The van der Waals surface area contributed by atoms with E-state index in [0.29, 0.717) is 22.9 Å². The topological polar surface area (TPSA) is 50.5 Å². The van der Waals surface area contributed by atoms with E-state index in [1.54, 1.807) is 18.2 Å². The fraction of sp³-hybridized carbons (Fsp3) is 0.474. The number of likely N-dealkylation sites (tertiary alicyclic amines) is 1. The van der Waals surface area contributed by atoms with Crippen LogP contribution in [0.15, 0.2) is 39.5 Å². The maximum Gasteiger partial charge on any atom is 0.289 e. The van der Waals surface area contributed by atoms with Crippen LogP contribution in [0, 0.1) is 5.92 Å². The van der Waals surface area contributed by atoms with Crippen LogP contribution in [0.1, 0.15) is 49.1 Å². The fourth-order valence-electron chi connectivity index (χ4n) is 4.23. The predicted molar refractivity (Wildman–Crippen MR) is 88.5 cm³/mol. The summed E-state index contributed by atoms with van der Waals surface area (Å²) in [6, 6.07) is 8.77. The SMILES string of the molecule is O=C(c1cc(=O)c2ccccc2o1)N1CCCC1C1CCCC1. The van der Waals surface area contributed by atoms with Gasteiger partial charge in [-0.3, -0.25) is 9.59 Å². The Kier molecular flexibility index (Phi) is 3.68. The zero-order valence-electron chi connectivity index (χ0n) is 13.2. The summed E-state index contributed by atoms with van der Waals surface area (Å²) in [5.74, 6) is 0.675. The van der Waals surface area contributed by atoms with Gasteiger partial charge in [-0.25, -0.2) is 0 Å². The molecular formula is C19H21NO3. The smallest absolute Gasteiger partial charge is 0.289 e. The second-order valence-corrected chi connectivity index (χ2v) is 6.72. The van der Waals surface area contributed by atoms with Gasteiger partial charge in [-0.2, -0.15) is 0 Å². The van der Waals surface area contributed by atoms with Gasteiger partial charge in [0.2, 0.25) is 0 Å². The first-order valence-electron chi connectivity index (χ1n) is 8.58. The third kappa shape index (κ3) is 2.56. The number of hydrogen-bond acceptors (Lipinski definition) is 3. The highest BCUT2D eigenvalue weighted by molar-refractivity contribution is 5.93. The average Bonchev–Trinajstić information content (AvgIpc) is 3.25. The van der Waals surface area contributed by atoms with Crippen LogP contribution in [-0.4, -0.2) is 23.4 Å². The van der Waals surface area contributed by atoms with Crippen molar-refractivity contribution in [3.05, 3.63) is 46.3 Å². The third-order valence-electron chi connectivity index (χ3n) is 5.35. The van der Waals surface area contributed by atoms with E-state index in [0.717, 1.165) is 19.4 Å². The first-order chi connectivity index (χ1) is 11.2. The van der Waals surface area contributed by atoms with Gasteiger partial charge in [-0.15, -0.1) is 0 Å². The molecule has 1 saturated heterocycles. The average molecular weight is 311 g/mol. The van der Waals surface area contributed by atoms with Crippen LogP contribution in [0.3, 0.4) is 0 Å². The Morgan fingerprint density at radius 1 is 1.09 bits per heavy atom. The molecule has 4 rings (SSSR count). The van der Waals surface area contributed by atoms with Crippen molar-refractivity contribution in [1.29, 1.82) is 0 Å². The van der Waals surface area contributed by atoms with Crippen molar-refractivity contribution >= 4 is 16.9 Å². The first-order valence-corrected chi connectivity index (χ1v) is 8.58. The van der Waals surface area contributed by atoms with Gasteiger partial charge in [0, 0.05) is 18.7 Å². The van der Waals surface area contributed by atoms with Crippen molar-refractivity contribution in [2.45, 2.75) is 44.6 Å². The predicted octanol–water partition coefficient (Wildman–Crippen LogP) is 3.59. The summed E-state index contributed by atoms with van der Waals surface area (Å²) in [5.41, 5.74) is 0.340. The quantitative estimate of drug-likeness (QED) is 0.851. The number of hydrogen-bond donors (Lipinski definition) is 0. The summed E-state index contributed by atoms with van der Waals surface area (Å²) in [5, 5.41) is 0.526. The van der Waals surface area contributed by atoms with Crippen molar-refractivity contribution in [1.82, 2.24) is 4.90 Å². The second kappa shape index (κ2) is 5.84. The van der Waals surface area contributed by atoms with Gasteiger partial charge in [-0.1, -0.05) is 25.0 Å². The monoisotopic (exact) mass is 311 g/mol. The molecule has 0 spiro atoms. The molecule has 4 heteroatoms. The van der Waals surface area contributed by atoms with E-state index >= 15 is 0 Å². The molecule has 0 N–H and O–H groups in total. The molecule has 1 saturated carbocycles. The molecule has 120 valence electrons. The molecule has 0 radical (unpaired) electrons. The fourth-order valence-corrected chi connectivity index (χ4v) is 4.23. The molecule has 0 bridgehead atoms. The Bertz CT molecular complexity index is 789. The number of amides is 1. The highest BCUT2D eigenvalue weighted by atomic mass is 16.3. The van der Waals surface area contributed by atoms with Gasteiger partial charge in [-0.05, 0) is 43.7 Å². The Morgan fingerprint density at radius 3 is 2.70 bits per heavy atom. The minimum absolute atomic E-state index is 0.123. The Labute approximate surface area is 135 Å². The summed E-state index contributed by atoms with van der Waals surface area (Å²) >= 11 is 0. The number of para-hydroxylation sites is 1. The zero-order valence-corrected chi connectivity index (χ0v) is 13.2. The molecule has 1 aromatic heterocycles. The van der Waals surface area contributed by atoms with Crippen LogP contribution in [0.5, 0.6) is 0 Å². The lowest BCUT2D eigenvalue weighted by Gasteiger charge is -2.29. The van der Waals surface area contributed by atoms with E-state index in [9.17, 15) is 9.59 Å². The number of carbonyl (C=O) groups excluding carboxylic acids is 1. The molecule has 1 aliphatic heterocycles. The Hall–Kier alpha value is -2.10. The van der Waals surface area contributed by atoms with Gasteiger partial charge in [0.05, 0.1) is 5.39 Å². The number of nitrogens with zero attached hydrogens (tertiary/aromatic N) is 1. The van der Waals surface area contributed by atoms with E-state index in [2.05, 4.69) is 0 Å². The van der Waals surface area contributed by atoms with E-state index in [1.165, 1.54) is 31.7 Å². The van der Waals surface area contributed by atoms with Crippen LogP contribution in [0.25, 0.3) is 11.0 Å². The lowest BCUT2D eigenvalue weighted by Crippen LogP contribution is -2.39.